The van der Waals surface area contributed by atoms with Gasteiger partial charge in [0.05, 0.1) is 23.5 Å². The van der Waals surface area contributed by atoms with Crippen LogP contribution in [0.1, 0.15) is 25.5 Å². The molecule has 3 aromatic carbocycles. The number of carbonyl (C=O) groups is 2. The monoisotopic (exact) mass is 546 g/mol. The van der Waals surface area contributed by atoms with Gasteiger partial charge in [0, 0.05) is 52.3 Å². The van der Waals surface area contributed by atoms with Crippen molar-refractivity contribution in [2.45, 2.75) is 31.6 Å². The number of pyridine rings is 1. The van der Waals surface area contributed by atoms with Crippen LogP contribution in [0.25, 0.3) is 32.6 Å². The van der Waals surface area contributed by atoms with Crippen LogP contribution in [0, 0.1) is 0 Å². The second kappa shape index (κ2) is 9.62. The lowest BCUT2D eigenvalue weighted by Gasteiger charge is -2.45. The third-order valence-corrected chi connectivity index (χ3v) is 7.47. The molecule has 1 aromatic heterocycles. The molecular formula is C30H34N4O6. The minimum Gasteiger partial charge on any atom is -0.496 e. The normalized spacial score (nSPS) is 17.7. The lowest BCUT2D eigenvalue weighted by molar-refractivity contribution is -0.0745. The number of fused-ring (bicyclic) bond motifs is 5. The standard InChI is InChI=1S/C30H34N4O6/c1-30(2)27(39-29(37)33(5)6)24(31-28(36)32(3)4)22-21(40-30)15-20(38-8)23-25(22)34(7)19-14-17-12-10-9-11-16(17)13-18(19)26(23)35/h9-15,24,27H,1-8H3,(H,31,36). The Bertz CT molecular complexity index is 1740. The van der Waals surface area contributed by atoms with Gasteiger partial charge in [0.25, 0.3) is 0 Å². The Kier molecular flexibility index (Phi) is 6.52. The number of carbonyl (C=O) groups excluding carboxylic acids is 2. The number of aryl methyl sites for hydroxylation is 1. The summed E-state index contributed by atoms with van der Waals surface area (Å²) in [7, 11) is 9.79. The molecule has 2 heterocycles. The van der Waals surface area contributed by atoms with Crippen molar-refractivity contribution >= 4 is 44.7 Å². The summed E-state index contributed by atoms with van der Waals surface area (Å²) in [6.45, 7) is 3.58. The molecule has 0 spiro atoms. The number of nitrogens with zero attached hydrogens (tertiary/aromatic N) is 3. The highest BCUT2D eigenvalue weighted by atomic mass is 16.6. The van der Waals surface area contributed by atoms with Crippen molar-refractivity contribution in [2.24, 2.45) is 7.05 Å². The molecule has 0 saturated heterocycles. The minimum atomic E-state index is -1.05. The summed E-state index contributed by atoms with van der Waals surface area (Å²) in [5, 5.41) is 5.84. The Morgan fingerprint density at radius 3 is 2.27 bits per heavy atom. The summed E-state index contributed by atoms with van der Waals surface area (Å²) >= 11 is 0. The molecule has 2 atom stereocenters. The molecule has 10 heteroatoms. The van der Waals surface area contributed by atoms with E-state index >= 15 is 0 Å². The summed E-state index contributed by atoms with van der Waals surface area (Å²) < 4.78 is 20.1. The van der Waals surface area contributed by atoms with Crippen molar-refractivity contribution in [3.8, 4) is 11.5 Å². The predicted octanol–water partition coefficient (Wildman–Crippen LogP) is 4.40. The average molecular weight is 547 g/mol. The van der Waals surface area contributed by atoms with E-state index in [9.17, 15) is 14.4 Å². The number of rotatable bonds is 3. The van der Waals surface area contributed by atoms with Gasteiger partial charge in [0.15, 0.2) is 6.10 Å². The average Bonchev–Trinajstić information content (AvgIpc) is 2.91. The number of urea groups is 1. The molecule has 2 unspecified atom stereocenters. The Balaban J connectivity index is 1.91. The van der Waals surface area contributed by atoms with Crippen molar-refractivity contribution < 1.29 is 23.8 Å². The van der Waals surface area contributed by atoms with Gasteiger partial charge >= 0.3 is 12.1 Å². The molecular weight excluding hydrogens is 512 g/mol. The fraction of sp³-hybridized carbons (Fsp3) is 0.367. The van der Waals surface area contributed by atoms with Gasteiger partial charge in [-0.25, -0.2) is 9.59 Å². The molecule has 10 nitrogen and oxygen atoms in total. The third-order valence-electron chi connectivity index (χ3n) is 7.47. The highest BCUT2D eigenvalue weighted by molar-refractivity contribution is 6.04. The quantitative estimate of drug-likeness (QED) is 0.382. The Morgan fingerprint density at radius 1 is 1.02 bits per heavy atom. The van der Waals surface area contributed by atoms with Crippen LogP contribution in [-0.4, -0.2) is 73.5 Å². The maximum atomic E-state index is 14.1. The molecule has 4 aromatic rings. The van der Waals surface area contributed by atoms with Crippen molar-refractivity contribution in [1.82, 2.24) is 19.7 Å². The molecule has 1 aliphatic rings. The zero-order valence-corrected chi connectivity index (χ0v) is 24.0. The van der Waals surface area contributed by atoms with E-state index in [1.165, 1.54) is 16.9 Å². The van der Waals surface area contributed by atoms with Gasteiger partial charge in [0.2, 0.25) is 5.43 Å². The number of hydrogen-bond acceptors (Lipinski definition) is 6. The second-order valence-corrected chi connectivity index (χ2v) is 11.0. The van der Waals surface area contributed by atoms with E-state index in [2.05, 4.69) is 5.32 Å². The van der Waals surface area contributed by atoms with Crippen LogP contribution in [0.15, 0.2) is 47.3 Å². The van der Waals surface area contributed by atoms with Crippen LogP contribution >= 0.6 is 0 Å². The molecule has 3 amide bonds. The Labute approximate surface area is 232 Å². The van der Waals surface area contributed by atoms with Crippen LogP contribution in [0.4, 0.5) is 9.59 Å². The number of amides is 3. The van der Waals surface area contributed by atoms with Crippen LogP contribution in [0.3, 0.4) is 0 Å². The lowest BCUT2D eigenvalue weighted by Crippen LogP contribution is -2.57. The summed E-state index contributed by atoms with van der Waals surface area (Å²) in [6.07, 6.45) is -1.52. The first kappa shape index (κ1) is 27.1. The summed E-state index contributed by atoms with van der Waals surface area (Å²) in [5.41, 5.74) is 0.492. The molecule has 5 rings (SSSR count). The van der Waals surface area contributed by atoms with Crippen molar-refractivity contribution in [2.75, 3.05) is 35.3 Å². The van der Waals surface area contributed by atoms with Gasteiger partial charge in [-0.3, -0.25) is 4.79 Å². The van der Waals surface area contributed by atoms with Crippen molar-refractivity contribution in [3.63, 3.8) is 0 Å². The largest absolute Gasteiger partial charge is 0.496 e. The molecule has 210 valence electrons. The molecule has 0 radical (unpaired) electrons. The van der Waals surface area contributed by atoms with Crippen LogP contribution in [0.5, 0.6) is 11.5 Å². The highest BCUT2D eigenvalue weighted by Gasteiger charge is 2.49. The van der Waals surface area contributed by atoms with Gasteiger partial charge < -0.3 is 33.9 Å². The summed E-state index contributed by atoms with van der Waals surface area (Å²) in [5.74, 6) is 0.771. The third kappa shape index (κ3) is 4.24. The molecule has 0 saturated carbocycles. The second-order valence-electron chi connectivity index (χ2n) is 11.0. The van der Waals surface area contributed by atoms with E-state index in [1.54, 1.807) is 48.1 Å². The van der Waals surface area contributed by atoms with Gasteiger partial charge in [-0.1, -0.05) is 24.3 Å². The number of aromatic nitrogens is 1. The maximum absolute atomic E-state index is 14.1. The smallest absolute Gasteiger partial charge is 0.409 e. The van der Waals surface area contributed by atoms with Crippen molar-refractivity contribution in [3.05, 3.63) is 58.3 Å². The van der Waals surface area contributed by atoms with E-state index in [-0.39, 0.29) is 11.5 Å². The van der Waals surface area contributed by atoms with E-state index in [1.807, 2.05) is 48.0 Å². The van der Waals surface area contributed by atoms with Crippen molar-refractivity contribution in [1.29, 1.82) is 0 Å². The topological polar surface area (TPSA) is 102 Å². The molecule has 0 bridgehead atoms. The van der Waals surface area contributed by atoms with Crippen LogP contribution in [0.2, 0.25) is 0 Å². The number of benzene rings is 3. The predicted molar refractivity (Wildman–Crippen MR) is 154 cm³/mol. The zero-order chi connectivity index (χ0) is 29.1. The van der Waals surface area contributed by atoms with E-state index < -0.39 is 23.8 Å². The highest BCUT2D eigenvalue weighted by Crippen LogP contribution is 2.47. The van der Waals surface area contributed by atoms with Gasteiger partial charge in [0.1, 0.15) is 23.1 Å². The summed E-state index contributed by atoms with van der Waals surface area (Å²) in [6, 6.07) is 12.1. The number of methoxy groups -OCH3 is 1. The van der Waals surface area contributed by atoms with Gasteiger partial charge in [-0.15, -0.1) is 0 Å². The molecule has 1 aliphatic heterocycles. The fourth-order valence-electron chi connectivity index (χ4n) is 5.42. The van der Waals surface area contributed by atoms with Crippen LogP contribution < -0.4 is 20.2 Å². The first-order valence-corrected chi connectivity index (χ1v) is 13.0. The first-order chi connectivity index (χ1) is 18.9. The minimum absolute atomic E-state index is 0.210. The van der Waals surface area contributed by atoms with E-state index in [0.717, 1.165) is 10.8 Å². The van der Waals surface area contributed by atoms with Gasteiger partial charge in [-0.05, 0) is 36.8 Å². The summed E-state index contributed by atoms with van der Waals surface area (Å²) in [4.78, 5) is 42.8. The number of hydrogen-bond donors (Lipinski definition) is 1. The zero-order valence-electron chi connectivity index (χ0n) is 24.0. The number of nitrogens with one attached hydrogen (secondary N) is 1. The fourth-order valence-corrected chi connectivity index (χ4v) is 5.42. The Morgan fingerprint density at radius 2 is 1.68 bits per heavy atom. The molecule has 0 fully saturated rings. The lowest BCUT2D eigenvalue weighted by atomic mass is 9.84. The number of ether oxygens (including phenoxy) is 3. The first-order valence-electron chi connectivity index (χ1n) is 13.0. The van der Waals surface area contributed by atoms with Gasteiger partial charge in [-0.2, -0.15) is 0 Å². The van der Waals surface area contributed by atoms with Crippen LogP contribution in [-0.2, 0) is 11.8 Å². The van der Waals surface area contributed by atoms with E-state index in [0.29, 0.717) is 38.9 Å². The maximum Gasteiger partial charge on any atom is 0.409 e. The van der Waals surface area contributed by atoms with E-state index in [4.69, 9.17) is 14.2 Å². The SMILES string of the molecule is COc1cc2c(c3c1c(=O)c1cc4ccccc4cc1n3C)C(NC(=O)N(C)C)C(OC(=O)N(C)C)C(C)(C)O2. The molecule has 0 aliphatic carbocycles. The molecule has 1 N–H and O–H groups in total. The Hall–Kier alpha value is -4.47. The molecule has 40 heavy (non-hydrogen) atoms.